The van der Waals surface area contributed by atoms with Gasteiger partial charge in [0.05, 0.1) is 0 Å². The van der Waals surface area contributed by atoms with Gasteiger partial charge in [-0.1, -0.05) is 62.7 Å². The van der Waals surface area contributed by atoms with Crippen LogP contribution in [0.4, 0.5) is 0 Å². The van der Waals surface area contributed by atoms with Gasteiger partial charge in [0.25, 0.3) is 0 Å². The van der Waals surface area contributed by atoms with E-state index in [0.29, 0.717) is 11.1 Å². The van der Waals surface area contributed by atoms with Crippen molar-refractivity contribution in [3.8, 4) is 45.3 Å². The van der Waals surface area contributed by atoms with E-state index in [0.717, 1.165) is 11.1 Å². The van der Waals surface area contributed by atoms with Gasteiger partial charge in [0.2, 0.25) is 0 Å². The highest BCUT2D eigenvalue weighted by Gasteiger charge is 2.18. The molecule has 8 heteroatoms. The van der Waals surface area contributed by atoms with Crippen molar-refractivity contribution < 1.29 is 38.1 Å². The first-order valence-corrected chi connectivity index (χ1v) is 12.7. The molecule has 0 fully saturated rings. The predicted molar refractivity (Wildman–Crippen MR) is 159 cm³/mol. The van der Waals surface area contributed by atoms with Crippen molar-refractivity contribution in [3.63, 3.8) is 0 Å². The van der Waals surface area contributed by atoms with E-state index in [-0.39, 0.29) is 45.3 Å². The molecule has 0 saturated carbocycles. The molecule has 0 radical (unpaired) electrons. The summed E-state index contributed by atoms with van der Waals surface area (Å²) in [5.74, 6) is -2.45. The predicted octanol–water partition coefficient (Wildman–Crippen LogP) is 6.95. The van der Waals surface area contributed by atoms with E-state index in [4.69, 9.17) is 18.9 Å². The third-order valence-electron chi connectivity index (χ3n) is 5.64. The number of rotatable bonds is 10. The Morgan fingerprint density at radius 3 is 0.905 bits per heavy atom. The van der Waals surface area contributed by atoms with Crippen molar-refractivity contribution >= 4 is 23.9 Å². The van der Waals surface area contributed by atoms with Crippen LogP contribution in [0.25, 0.3) is 22.3 Å². The molecule has 42 heavy (non-hydrogen) atoms. The number of carbonyl (C=O) groups excluding carboxylic acids is 4. The van der Waals surface area contributed by atoms with Gasteiger partial charge in [-0.25, -0.2) is 19.2 Å². The monoisotopic (exact) mass is 566 g/mol. The van der Waals surface area contributed by atoms with Crippen LogP contribution in [0.15, 0.2) is 109 Å². The Hall–Kier alpha value is -5.50. The normalized spacial score (nSPS) is 10.2. The van der Waals surface area contributed by atoms with Gasteiger partial charge in [-0.3, -0.25) is 0 Å². The highest BCUT2D eigenvalue weighted by Crippen LogP contribution is 2.37. The van der Waals surface area contributed by atoms with Crippen LogP contribution in [-0.2, 0) is 19.2 Å². The summed E-state index contributed by atoms with van der Waals surface area (Å²) in [7, 11) is 0. The lowest BCUT2D eigenvalue weighted by molar-refractivity contribution is -0.132. The van der Waals surface area contributed by atoms with Gasteiger partial charge < -0.3 is 18.9 Å². The number of hydrogen-bond acceptors (Lipinski definition) is 8. The Kier molecular flexibility index (Phi) is 9.78. The highest BCUT2D eigenvalue weighted by molar-refractivity contribution is 5.92. The molecule has 0 amide bonds. The van der Waals surface area contributed by atoms with E-state index in [2.05, 4.69) is 26.3 Å². The van der Waals surface area contributed by atoms with Gasteiger partial charge in [0.15, 0.2) is 23.0 Å². The van der Waals surface area contributed by atoms with Crippen molar-refractivity contribution in [1.82, 2.24) is 0 Å². The molecule has 8 nitrogen and oxygen atoms in total. The molecule has 0 atom stereocenters. The minimum absolute atomic E-state index is 0.0445. The minimum atomic E-state index is -0.671. The van der Waals surface area contributed by atoms with Crippen LogP contribution in [0, 0.1) is 0 Å². The summed E-state index contributed by atoms with van der Waals surface area (Å²) in [6, 6.07) is 17.0. The summed E-state index contributed by atoms with van der Waals surface area (Å²) >= 11 is 0. The van der Waals surface area contributed by atoms with Crippen LogP contribution in [0.5, 0.6) is 23.0 Å². The van der Waals surface area contributed by atoms with Gasteiger partial charge in [-0.2, -0.15) is 0 Å². The molecular weight excluding hydrogens is 536 g/mol. The minimum Gasteiger partial charge on any atom is -0.419 e. The summed E-state index contributed by atoms with van der Waals surface area (Å²) in [4.78, 5) is 48.6. The Morgan fingerprint density at radius 1 is 0.405 bits per heavy atom. The second kappa shape index (κ2) is 13.2. The fourth-order valence-electron chi connectivity index (χ4n) is 3.31. The largest absolute Gasteiger partial charge is 0.419 e. The smallest absolute Gasteiger partial charge is 0.338 e. The van der Waals surface area contributed by atoms with E-state index in [1.807, 2.05) is 24.3 Å². The van der Waals surface area contributed by atoms with Crippen LogP contribution in [-0.4, -0.2) is 23.9 Å². The number of esters is 4. The van der Waals surface area contributed by atoms with Gasteiger partial charge in [0, 0.05) is 22.3 Å². The maximum absolute atomic E-state index is 12.2. The molecule has 3 aromatic rings. The summed E-state index contributed by atoms with van der Waals surface area (Å²) in [5.41, 5.74) is 3.62. The molecular formula is C34H30O8. The molecule has 0 bridgehead atoms. The Bertz CT molecular complexity index is 1520. The number of carbonyl (C=O) groups is 4. The lowest BCUT2D eigenvalue weighted by Crippen LogP contribution is -2.12. The van der Waals surface area contributed by atoms with E-state index in [1.165, 1.54) is 39.8 Å². The lowest BCUT2D eigenvalue weighted by atomic mass is 9.99. The second-order valence-electron chi connectivity index (χ2n) is 9.58. The maximum Gasteiger partial charge on any atom is 0.338 e. The van der Waals surface area contributed by atoms with Crippen molar-refractivity contribution in [2.45, 2.75) is 27.7 Å². The molecule has 3 aromatic carbocycles. The zero-order chi connectivity index (χ0) is 31.1. The van der Waals surface area contributed by atoms with Crippen LogP contribution in [0.2, 0.25) is 0 Å². The number of benzene rings is 3. The fourth-order valence-corrected chi connectivity index (χ4v) is 3.31. The van der Waals surface area contributed by atoms with Crippen LogP contribution >= 0.6 is 0 Å². The lowest BCUT2D eigenvalue weighted by Gasteiger charge is -2.14. The van der Waals surface area contributed by atoms with E-state index >= 15 is 0 Å². The van der Waals surface area contributed by atoms with Gasteiger partial charge >= 0.3 is 23.9 Å². The summed E-state index contributed by atoms with van der Waals surface area (Å²) in [6.45, 7) is 20.3. The van der Waals surface area contributed by atoms with Gasteiger partial charge in [0.1, 0.15) is 0 Å². The van der Waals surface area contributed by atoms with Crippen LogP contribution in [0.1, 0.15) is 27.7 Å². The SMILES string of the molecule is C=C(C)C(=O)Oc1ccc(-c2ccc(-c3ccc(OC(=O)C(=C)C)c(OC(=O)C(=C)C)c3)cc2)cc1OC(=O)C(=C)C. The quantitative estimate of drug-likeness (QED) is 0.148. The first kappa shape index (κ1) is 31.0. The van der Waals surface area contributed by atoms with Crippen molar-refractivity contribution in [2.24, 2.45) is 0 Å². The third-order valence-corrected chi connectivity index (χ3v) is 5.64. The molecule has 0 aliphatic rings. The Labute approximate surface area is 244 Å². The zero-order valence-electron chi connectivity index (χ0n) is 23.9. The topological polar surface area (TPSA) is 105 Å². The molecule has 0 aromatic heterocycles. The molecule has 0 heterocycles. The Balaban J connectivity index is 1.97. The maximum atomic E-state index is 12.2. The van der Waals surface area contributed by atoms with E-state index < -0.39 is 23.9 Å². The summed E-state index contributed by atoms with van der Waals surface area (Å²) < 4.78 is 21.5. The van der Waals surface area contributed by atoms with Crippen LogP contribution in [0.3, 0.4) is 0 Å². The van der Waals surface area contributed by atoms with Crippen molar-refractivity contribution in [1.29, 1.82) is 0 Å². The van der Waals surface area contributed by atoms with Crippen molar-refractivity contribution in [3.05, 3.63) is 109 Å². The Morgan fingerprint density at radius 2 is 0.643 bits per heavy atom. The molecule has 0 saturated heterocycles. The third kappa shape index (κ3) is 7.79. The molecule has 214 valence electrons. The van der Waals surface area contributed by atoms with Crippen LogP contribution < -0.4 is 18.9 Å². The molecule has 0 spiro atoms. The fraction of sp³-hybridized carbons (Fsp3) is 0.118. The molecule has 0 N–H and O–H groups in total. The number of hydrogen-bond donors (Lipinski definition) is 0. The highest BCUT2D eigenvalue weighted by atomic mass is 16.6. The zero-order valence-corrected chi connectivity index (χ0v) is 23.9. The second-order valence-corrected chi connectivity index (χ2v) is 9.58. The van der Waals surface area contributed by atoms with E-state index in [1.54, 1.807) is 24.3 Å². The average Bonchev–Trinajstić information content (AvgIpc) is 2.94. The molecule has 0 unspecified atom stereocenters. The van der Waals surface area contributed by atoms with E-state index in [9.17, 15) is 19.2 Å². The standard InChI is InChI=1S/C34H30O8/c1-19(2)31(35)39-27-15-13-25(17-29(27)41-33(37)21(5)6)23-9-11-24(12-10-23)26-14-16-28(40-32(36)20(3)4)30(18-26)42-34(38)22(7)8/h9-18H,1,3,5,7H2,2,4,6,8H3. The van der Waals surface area contributed by atoms with Gasteiger partial charge in [-0.05, 0) is 74.2 Å². The van der Waals surface area contributed by atoms with Gasteiger partial charge in [-0.15, -0.1) is 0 Å². The first-order valence-electron chi connectivity index (χ1n) is 12.7. The summed E-state index contributed by atoms with van der Waals surface area (Å²) in [6.07, 6.45) is 0. The molecule has 3 rings (SSSR count). The molecule has 0 aliphatic carbocycles. The molecule has 0 aliphatic heterocycles. The first-order chi connectivity index (χ1) is 19.8. The van der Waals surface area contributed by atoms with Crippen molar-refractivity contribution in [2.75, 3.05) is 0 Å². The number of ether oxygens (including phenoxy) is 4. The average molecular weight is 567 g/mol. The summed E-state index contributed by atoms with van der Waals surface area (Å²) in [5, 5.41) is 0.